The topological polar surface area (TPSA) is 33.5 Å². The highest BCUT2D eigenvalue weighted by Crippen LogP contribution is 2.27. The van der Waals surface area contributed by atoms with Crippen LogP contribution >= 0.6 is 11.6 Å². The van der Waals surface area contributed by atoms with Crippen LogP contribution in [0.2, 0.25) is 5.02 Å². The van der Waals surface area contributed by atoms with Crippen LogP contribution in [0.1, 0.15) is 30.1 Å². The molecule has 3 rings (SSSR count). The Balaban J connectivity index is 1.52. The van der Waals surface area contributed by atoms with Crippen LogP contribution < -0.4 is 0 Å². The summed E-state index contributed by atoms with van der Waals surface area (Å²) in [6, 6.07) is 11.6. The number of carbonyl (C=O) groups excluding carboxylic acids is 1. The van der Waals surface area contributed by atoms with Crippen molar-refractivity contribution in [2.75, 3.05) is 13.1 Å². The van der Waals surface area contributed by atoms with Gasteiger partial charge >= 0.3 is 0 Å². The molecule has 1 aliphatic heterocycles. The molecule has 0 spiro atoms. The van der Waals surface area contributed by atoms with Crippen molar-refractivity contribution in [1.82, 2.24) is 4.90 Å². The Labute approximate surface area is 129 Å². The second-order valence-corrected chi connectivity index (χ2v) is 5.91. The van der Waals surface area contributed by atoms with E-state index >= 15 is 0 Å². The number of nitrogens with zero attached hydrogens (tertiary/aromatic N) is 1. The molecule has 0 bridgehead atoms. The van der Waals surface area contributed by atoms with Gasteiger partial charge in [-0.3, -0.25) is 4.79 Å². The fraction of sp³-hybridized carbons (Fsp3) is 0.353. The molecule has 21 heavy (non-hydrogen) atoms. The van der Waals surface area contributed by atoms with Crippen molar-refractivity contribution >= 4 is 17.5 Å². The van der Waals surface area contributed by atoms with Gasteiger partial charge in [0.1, 0.15) is 5.76 Å². The summed E-state index contributed by atoms with van der Waals surface area (Å²) in [5, 5.41) is 0.721. The zero-order valence-corrected chi connectivity index (χ0v) is 12.6. The Bertz CT molecular complexity index is 609. The highest BCUT2D eigenvalue weighted by molar-refractivity contribution is 6.30. The molecule has 1 aliphatic rings. The monoisotopic (exact) mass is 303 g/mol. The van der Waals surface area contributed by atoms with Crippen molar-refractivity contribution in [1.29, 1.82) is 0 Å². The van der Waals surface area contributed by atoms with Gasteiger partial charge < -0.3 is 9.32 Å². The second-order valence-electron chi connectivity index (χ2n) is 5.47. The van der Waals surface area contributed by atoms with Crippen molar-refractivity contribution in [3.05, 3.63) is 59.0 Å². The lowest BCUT2D eigenvalue weighted by molar-refractivity contribution is -0.130. The third-order valence-electron chi connectivity index (χ3n) is 4.00. The van der Waals surface area contributed by atoms with Crippen molar-refractivity contribution < 1.29 is 9.21 Å². The van der Waals surface area contributed by atoms with Gasteiger partial charge in [0.15, 0.2) is 0 Å². The van der Waals surface area contributed by atoms with Gasteiger partial charge in [0.2, 0.25) is 5.91 Å². The molecule has 1 fully saturated rings. The molecule has 0 saturated carbocycles. The first-order chi connectivity index (χ1) is 10.2. The number of halogens is 1. The van der Waals surface area contributed by atoms with E-state index in [2.05, 4.69) is 0 Å². The number of amides is 1. The Kier molecular flexibility index (Phi) is 4.30. The summed E-state index contributed by atoms with van der Waals surface area (Å²) < 4.78 is 5.44. The lowest BCUT2D eigenvalue weighted by atomic mass is 10.1. The standard InChI is InChI=1S/C17H18ClNO2/c18-15-4-1-3-13(11-15)6-7-17(20)19-9-8-14(12-19)16-5-2-10-21-16/h1-5,10-11,14H,6-9,12H2. The van der Waals surface area contributed by atoms with Gasteiger partial charge in [0.05, 0.1) is 6.26 Å². The normalized spacial score (nSPS) is 18.1. The Morgan fingerprint density at radius 1 is 1.33 bits per heavy atom. The summed E-state index contributed by atoms with van der Waals surface area (Å²) in [4.78, 5) is 14.2. The van der Waals surface area contributed by atoms with Gasteiger partial charge in [-0.2, -0.15) is 0 Å². The summed E-state index contributed by atoms with van der Waals surface area (Å²) in [6.07, 6.45) is 3.95. The summed E-state index contributed by atoms with van der Waals surface area (Å²) in [5.41, 5.74) is 1.11. The zero-order chi connectivity index (χ0) is 14.7. The smallest absolute Gasteiger partial charge is 0.222 e. The maximum atomic E-state index is 12.3. The van der Waals surface area contributed by atoms with Crippen LogP contribution in [0.3, 0.4) is 0 Å². The molecular weight excluding hydrogens is 286 g/mol. The van der Waals surface area contributed by atoms with Crippen LogP contribution in [0, 0.1) is 0 Å². The summed E-state index contributed by atoms with van der Waals surface area (Å²) in [6.45, 7) is 1.58. The van der Waals surface area contributed by atoms with Crippen LogP contribution in [-0.4, -0.2) is 23.9 Å². The van der Waals surface area contributed by atoms with E-state index in [1.807, 2.05) is 41.3 Å². The Hall–Kier alpha value is -1.74. The van der Waals surface area contributed by atoms with E-state index in [0.717, 1.165) is 42.3 Å². The van der Waals surface area contributed by atoms with Crippen LogP contribution in [-0.2, 0) is 11.2 Å². The van der Waals surface area contributed by atoms with Crippen molar-refractivity contribution in [3.63, 3.8) is 0 Å². The minimum absolute atomic E-state index is 0.212. The predicted octanol–water partition coefficient (Wildman–Crippen LogP) is 3.88. The van der Waals surface area contributed by atoms with E-state index in [4.69, 9.17) is 16.0 Å². The molecule has 2 heterocycles. The lowest BCUT2D eigenvalue weighted by Crippen LogP contribution is -2.28. The molecule has 1 aromatic carbocycles. The summed E-state index contributed by atoms with van der Waals surface area (Å²) in [5.74, 6) is 1.54. The van der Waals surface area contributed by atoms with Crippen LogP contribution in [0.4, 0.5) is 0 Å². The van der Waals surface area contributed by atoms with E-state index in [0.29, 0.717) is 12.3 Å². The molecule has 0 N–H and O–H groups in total. The van der Waals surface area contributed by atoms with Crippen LogP contribution in [0.25, 0.3) is 0 Å². The van der Waals surface area contributed by atoms with Gasteiger partial charge in [0.25, 0.3) is 0 Å². The number of aryl methyl sites for hydroxylation is 1. The Morgan fingerprint density at radius 3 is 3.00 bits per heavy atom. The van der Waals surface area contributed by atoms with Crippen LogP contribution in [0.5, 0.6) is 0 Å². The Morgan fingerprint density at radius 2 is 2.24 bits per heavy atom. The quantitative estimate of drug-likeness (QED) is 0.859. The predicted molar refractivity (Wildman–Crippen MR) is 82.4 cm³/mol. The molecule has 0 aliphatic carbocycles. The van der Waals surface area contributed by atoms with Crippen molar-refractivity contribution in [2.45, 2.75) is 25.2 Å². The average molecular weight is 304 g/mol. The molecule has 1 saturated heterocycles. The molecule has 1 atom stereocenters. The summed E-state index contributed by atoms with van der Waals surface area (Å²) >= 11 is 5.96. The SMILES string of the molecule is O=C(CCc1cccc(Cl)c1)N1CCC(c2ccco2)C1. The number of likely N-dealkylation sites (tertiary alicyclic amines) is 1. The fourth-order valence-corrected chi connectivity index (χ4v) is 3.06. The van der Waals surface area contributed by atoms with E-state index < -0.39 is 0 Å². The maximum absolute atomic E-state index is 12.3. The number of hydrogen-bond acceptors (Lipinski definition) is 2. The second kappa shape index (κ2) is 6.35. The first-order valence-electron chi connectivity index (χ1n) is 7.28. The molecule has 1 unspecified atom stereocenters. The first kappa shape index (κ1) is 14.2. The minimum atomic E-state index is 0.212. The molecular formula is C17H18ClNO2. The third-order valence-corrected chi connectivity index (χ3v) is 4.24. The number of benzene rings is 1. The lowest BCUT2D eigenvalue weighted by Gasteiger charge is -2.16. The molecule has 4 heteroatoms. The molecule has 2 aromatic rings. The zero-order valence-electron chi connectivity index (χ0n) is 11.8. The highest BCUT2D eigenvalue weighted by atomic mass is 35.5. The average Bonchev–Trinajstić information content (AvgIpc) is 3.15. The van der Waals surface area contributed by atoms with Gasteiger partial charge in [-0.15, -0.1) is 0 Å². The van der Waals surface area contributed by atoms with Crippen molar-refractivity contribution in [3.8, 4) is 0 Å². The summed E-state index contributed by atoms with van der Waals surface area (Å²) in [7, 11) is 0. The minimum Gasteiger partial charge on any atom is -0.469 e. The van der Waals surface area contributed by atoms with E-state index in [1.54, 1.807) is 6.26 Å². The van der Waals surface area contributed by atoms with Gasteiger partial charge in [-0.05, 0) is 42.7 Å². The number of hydrogen-bond donors (Lipinski definition) is 0. The largest absolute Gasteiger partial charge is 0.469 e. The number of carbonyl (C=O) groups is 1. The molecule has 110 valence electrons. The number of furan rings is 1. The molecule has 0 radical (unpaired) electrons. The van der Waals surface area contributed by atoms with E-state index in [9.17, 15) is 4.79 Å². The van der Waals surface area contributed by atoms with Crippen LogP contribution in [0.15, 0.2) is 47.1 Å². The van der Waals surface area contributed by atoms with E-state index in [1.165, 1.54) is 0 Å². The molecule has 1 aromatic heterocycles. The van der Waals surface area contributed by atoms with Gasteiger partial charge in [-0.25, -0.2) is 0 Å². The third kappa shape index (κ3) is 3.48. The van der Waals surface area contributed by atoms with Gasteiger partial charge in [-0.1, -0.05) is 23.7 Å². The van der Waals surface area contributed by atoms with E-state index in [-0.39, 0.29) is 5.91 Å². The molecule has 1 amide bonds. The number of rotatable bonds is 4. The molecule has 3 nitrogen and oxygen atoms in total. The fourth-order valence-electron chi connectivity index (χ4n) is 2.84. The highest BCUT2D eigenvalue weighted by Gasteiger charge is 2.28. The van der Waals surface area contributed by atoms with Gasteiger partial charge in [0, 0.05) is 30.5 Å². The van der Waals surface area contributed by atoms with Crippen molar-refractivity contribution in [2.24, 2.45) is 0 Å². The first-order valence-corrected chi connectivity index (χ1v) is 7.66. The maximum Gasteiger partial charge on any atom is 0.222 e.